The molecular weight excluding hydrogens is 360 g/mol. The van der Waals surface area contributed by atoms with Gasteiger partial charge in [-0.25, -0.2) is 4.99 Å². The highest BCUT2D eigenvalue weighted by atomic mass is 16.5. The molecule has 2 N–H and O–H groups in total. The van der Waals surface area contributed by atoms with Crippen molar-refractivity contribution in [3.63, 3.8) is 0 Å². The molecule has 5 heteroatoms. The topological polar surface area (TPSA) is 48.9 Å². The molecule has 2 aromatic rings. The van der Waals surface area contributed by atoms with Crippen molar-refractivity contribution in [3.8, 4) is 0 Å². The van der Waals surface area contributed by atoms with Crippen LogP contribution in [0, 0.1) is 0 Å². The minimum Gasteiger partial charge on any atom is -0.380 e. The zero-order valence-electron chi connectivity index (χ0n) is 17.8. The molecule has 0 spiro atoms. The molecule has 29 heavy (non-hydrogen) atoms. The van der Waals surface area contributed by atoms with E-state index in [9.17, 15) is 0 Å². The molecule has 0 unspecified atom stereocenters. The summed E-state index contributed by atoms with van der Waals surface area (Å²) in [6.45, 7) is 8.46. The summed E-state index contributed by atoms with van der Waals surface area (Å²) in [5.74, 6) is 0.834. The van der Waals surface area contributed by atoms with E-state index < -0.39 is 0 Å². The number of ether oxygens (including phenoxy) is 1. The summed E-state index contributed by atoms with van der Waals surface area (Å²) >= 11 is 0. The van der Waals surface area contributed by atoms with Crippen molar-refractivity contribution in [1.29, 1.82) is 0 Å². The molecule has 1 saturated heterocycles. The summed E-state index contributed by atoms with van der Waals surface area (Å²) in [7, 11) is 1.73. The Morgan fingerprint density at radius 2 is 1.66 bits per heavy atom. The smallest absolute Gasteiger partial charge is 0.191 e. The van der Waals surface area contributed by atoms with Crippen LogP contribution in [0.5, 0.6) is 0 Å². The molecule has 1 fully saturated rings. The molecule has 1 heterocycles. The van der Waals surface area contributed by atoms with Gasteiger partial charge in [-0.15, -0.1) is 0 Å². The van der Waals surface area contributed by atoms with E-state index in [-0.39, 0.29) is 0 Å². The van der Waals surface area contributed by atoms with Gasteiger partial charge in [0.05, 0.1) is 13.2 Å². The second-order valence-corrected chi connectivity index (χ2v) is 7.55. The molecular formula is C24H34N4O. The maximum absolute atomic E-state index is 5.30. The van der Waals surface area contributed by atoms with E-state index in [2.05, 4.69) is 64.9 Å². The highest BCUT2D eigenvalue weighted by Gasteiger charge is 2.11. The minimum atomic E-state index is 0.620. The fourth-order valence-electron chi connectivity index (χ4n) is 3.67. The molecule has 5 nitrogen and oxygen atoms in total. The van der Waals surface area contributed by atoms with E-state index in [1.165, 1.54) is 48.2 Å². The number of guanidine groups is 1. The van der Waals surface area contributed by atoms with E-state index in [0.717, 1.165) is 25.6 Å². The molecule has 156 valence electrons. The monoisotopic (exact) mass is 394 g/mol. The zero-order chi connectivity index (χ0) is 20.3. The third-order valence-corrected chi connectivity index (χ3v) is 5.26. The van der Waals surface area contributed by atoms with Crippen LogP contribution in [0.4, 0.5) is 0 Å². The molecule has 0 amide bonds. The Labute approximate surface area is 175 Å². The molecule has 0 saturated carbocycles. The predicted octanol–water partition coefficient (Wildman–Crippen LogP) is 3.68. The van der Waals surface area contributed by atoms with E-state index in [0.29, 0.717) is 13.2 Å². The number of hydrogen-bond acceptors (Lipinski definition) is 3. The third kappa shape index (κ3) is 6.87. The van der Waals surface area contributed by atoms with Crippen LogP contribution in [0.25, 0.3) is 0 Å². The highest BCUT2D eigenvalue weighted by molar-refractivity contribution is 5.79. The van der Waals surface area contributed by atoms with Crippen LogP contribution in [-0.2, 0) is 31.0 Å². The summed E-state index contributed by atoms with van der Waals surface area (Å²) < 4.78 is 5.30. The molecule has 3 rings (SSSR count). The van der Waals surface area contributed by atoms with Crippen LogP contribution in [-0.4, -0.2) is 37.6 Å². The molecule has 1 aliphatic heterocycles. The molecule has 0 bridgehead atoms. The first-order valence-corrected chi connectivity index (χ1v) is 10.7. The molecule has 0 aromatic heterocycles. The van der Waals surface area contributed by atoms with Gasteiger partial charge in [-0.05, 0) is 55.1 Å². The maximum Gasteiger partial charge on any atom is 0.191 e. The van der Waals surface area contributed by atoms with Crippen molar-refractivity contribution >= 4 is 5.96 Å². The molecule has 1 aliphatic rings. The van der Waals surface area contributed by atoms with Crippen molar-refractivity contribution in [3.05, 3.63) is 70.8 Å². The Hall–Kier alpha value is -2.37. The van der Waals surface area contributed by atoms with Gasteiger partial charge in [0.15, 0.2) is 5.96 Å². The maximum atomic E-state index is 5.30. The van der Waals surface area contributed by atoms with Gasteiger partial charge >= 0.3 is 0 Å². The average molecular weight is 395 g/mol. The van der Waals surface area contributed by atoms with Gasteiger partial charge in [-0.2, -0.15) is 0 Å². The first-order valence-electron chi connectivity index (χ1n) is 10.7. The SMILES string of the molecule is CCNC(=NCc1ccc(CN2CCCC2)cc1)NCc1ccccc1COC. The summed E-state index contributed by atoms with van der Waals surface area (Å²) in [5.41, 5.74) is 5.05. The highest BCUT2D eigenvalue weighted by Crippen LogP contribution is 2.14. The number of methoxy groups -OCH3 is 1. The van der Waals surface area contributed by atoms with Crippen molar-refractivity contribution in [2.75, 3.05) is 26.7 Å². The number of nitrogens with one attached hydrogen (secondary N) is 2. The second kappa shape index (κ2) is 11.6. The van der Waals surface area contributed by atoms with Crippen LogP contribution in [0.15, 0.2) is 53.5 Å². The summed E-state index contributed by atoms with van der Waals surface area (Å²) in [6, 6.07) is 17.2. The second-order valence-electron chi connectivity index (χ2n) is 7.55. The lowest BCUT2D eigenvalue weighted by atomic mass is 10.1. The third-order valence-electron chi connectivity index (χ3n) is 5.26. The zero-order valence-corrected chi connectivity index (χ0v) is 17.8. The number of hydrogen-bond donors (Lipinski definition) is 2. The molecule has 0 aliphatic carbocycles. The van der Waals surface area contributed by atoms with Gasteiger partial charge < -0.3 is 15.4 Å². The summed E-state index contributed by atoms with van der Waals surface area (Å²) in [6.07, 6.45) is 2.67. The quantitative estimate of drug-likeness (QED) is 0.503. The van der Waals surface area contributed by atoms with Crippen LogP contribution in [0.3, 0.4) is 0 Å². The van der Waals surface area contributed by atoms with Gasteiger partial charge in [-0.1, -0.05) is 48.5 Å². The van der Waals surface area contributed by atoms with E-state index >= 15 is 0 Å². The van der Waals surface area contributed by atoms with Crippen molar-refractivity contribution in [2.24, 2.45) is 4.99 Å². The van der Waals surface area contributed by atoms with Crippen molar-refractivity contribution < 1.29 is 4.74 Å². The van der Waals surface area contributed by atoms with E-state index in [4.69, 9.17) is 9.73 Å². The Morgan fingerprint density at radius 1 is 0.966 bits per heavy atom. The number of likely N-dealkylation sites (tertiary alicyclic amines) is 1. The lowest BCUT2D eigenvalue weighted by Gasteiger charge is -2.15. The van der Waals surface area contributed by atoms with Crippen LogP contribution in [0.1, 0.15) is 42.0 Å². The van der Waals surface area contributed by atoms with Crippen LogP contribution >= 0.6 is 0 Å². The largest absolute Gasteiger partial charge is 0.380 e. The molecule has 0 atom stereocenters. The first kappa shape index (κ1) is 21.3. The molecule has 2 aromatic carbocycles. The molecule has 0 radical (unpaired) electrons. The fraction of sp³-hybridized carbons (Fsp3) is 0.458. The standard InChI is InChI=1S/C24H34N4O/c1-3-25-24(27-17-22-8-4-5-9-23(22)19-29-2)26-16-20-10-12-21(13-11-20)18-28-14-6-7-15-28/h4-5,8-13H,3,6-7,14-19H2,1-2H3,(H2,25,26,27). The van der Waals surface area contributed by atoms with Gasteiger partial charge in [0.1, 0.15) is 0 Å². The number of aliphatic imine (C=N–C) groups is 1. The lowest BCUT2D eigenvalue weighted by Crippen LogP contribution is -2.37. The Balaban J connectivity index is 1.56. The minimum absolute atomic E-state index is 0.620. The lowest BCUT2D eigenvalue weighted by molar-refractivity contribution is 0.184. The van der Waals surface area contributed by atoms with Crippen molar-refractivity contribution in [2.45, 2.75) is 46.0 Å². The summed E-state index contributed by atoms with van der Waals surface area (Å²) in [5, 5.41) is 6.78. The van der Waals surface area contributed by atoms with E-state index in [1.807, 2.05) is 6.07 Å². The van der Waals surface area contributed by atoms with Gasteiger partial charge in [0.25, 0.3) is 0 Å². The number of rotatable bonds is 9. The predicted molar refractivity (Wildman–Crippen MR) is 120 cm³/mol. The van der Waals surface area contributed by atoms with Crippen LogP contribution in [0.2, 0.25) is 0 Å². The Bertz CT molecular complexity index is 767. The van der Waals surface area contributed by atoms with Gasteiger partial charge in [0, 0.05) is 26.7 Å². The van der Waals surface area contributed by atoms with Crippen molar-refractivity contribution in [1.82, 2.24) is 15.5 Å². The van der Waals surface area contributed by atoms with Gasteiger partial charge in [0.2, 0.25) is 0 Å². The fourth-order valence-corrected chi connectivity index (χ4v) is 3.67. The summed E-state index contributed by atoms with van der Waals surface area (Å²) in [4.78, 5) is 7.29. The number of nitrogens with zero attached hydrogens (tertiary/aromatic N) is 2. The van der Waals surface area contributed by atoms with Crippen LogP contribution < -0.4 is 10.6 Å². The van der Waals surface area contributed by atoms with Gasteiger partial charge in [-0.3, -0.25) is 4.90 Å². The first-order chi connectivity index (χ1) is 14.3. The number of benzene rings is 2. The van der Waals surface area contributed by atoms with E-state index in [1.54, 1.807) is 7.11 Å². The Morgan fingerprint density at radius 3 is 2.34 bits per heavy atom. The Kier molecular flexibility index (Phi) is 8.53. The normalized spacial score (nSPS) is 14.9. The average Bonchev–Trinajstić information content (AvgIpc) is 3.25.